The van der Waals surface area contributed by atoms with E-state index in [1.165, 1.54) is 0 Å². The molecule has 0 saturated heterocycles. The highest BCUT2D eigenvalue weighted by molar-refractivity contribution is 6.30. The largest absolute Gasteiger partial charge is 0.452 e. The maximum absolute atomic E-state index is 12.4. The summed E-state index contributed by atoms with van der Waals surface area (Å²) in [6.45, 7) is 1.80. The second-order valence-corrected chi connectivity index (χ2v) is 6.24. The van der Waals surface area contributed by atoms with E-state index in [-0.39, 0.29) is 12.5 Å². The Morgan fingerprint density at radius 2 is 1.85 bits per heavy atom. The van der Waals surface area contributed by atoms with Gasteiger partial charge in [0.25, 0.3) is 5.91 Å². The number of carbonyl (C=O) groups is 2. The first-order chi connectivity index (χ1) is 12.5. The third-order valence-electron chi connectivity index (χ3n) is 3.80. The molecular formula is C20H17ClN2O3. The van der Waals surface area contributed by atoms with Gasteiger partial charge < -0.3 is 10.1 Å². The molecule has 3 aromatic rings. The molecule has 0 atom stereocenters. The minimum atomic E-state index is -0.548. The topological polar surface area (TPSA) is 68.3 Å². The van der Waals surface area contributed by atoms with Crippen LogP contribution in [0.3, 0.4) is 0 Å². The summed E-state index contributed by atoms with van der Waals surface area (Å²) in [5.74, 6) is -0.920. The van der Waals surface area contributed by atoms with Gasteiger partial charge in [-0.25, -0.2) is 4.79 Å². The van der Waals surface area contributed by atoms with E-state index in [0.29, 0.717) is 33.7 Å². The van der Waals surface area contributed by atoms with Crippen LogP contribution in [0.4, 0.5) is 0 Å². The van der Waals surface area contributed by atoms with Crippen molar-refractivity contribution < 1.29 is 14.3 Å². The first kappa shape index (κ1) is 17.9. The van der Waals surface area contributed by atoms with Crippen molar-refractivity contribution in [3.05, 3.63) is 76.4 Å². The Morgan fingerprint density at radius 3 is 2.62 bits per heavy atom. The van der Waals surface area contributed by atoms with Crippen molar-refractivity contribution in [1.29, 1.82) is 0 Å². The number of nitrogens with zero attached hydrogens (tertiary/aromatic N) is 1. The first-order valence-electron chi connectivity index (χ1n) is 8.07. The molecule has 2 aromatic carbocycles. The maximum atomic E-state index is 12.4. The van der Waals surface area contributed by atoms with Crippen LogP contribution in [0.25, 0.3) is 10.9 Å². The van der Waals surface area contributed by atoms with E-state index in [4.69, 9.17) is 16.3 Å². The number of fused-ring (bicyclic) bond motifs is 1. The van der Waals surface area contributed by atoms with Gasteiger partial charge in [-0.3, -0.25) is 9.78 Å². The van der Waals surface area contributed by atoms with Crippen LogP contribution in [0.2, 0.25) is 5.02 Å². The predicted octanol–water partition coefficient (Wildman–Crippen LogP) is 3.67. The molecule has 1 amide bonds. The predicted molar refractivity (Wildman–Crippen MR) is 100 cm³/mol. The van der Waals surface area contributed by atoms with Gasteiger partial charge >= 0.3 is 5.97 Å². The fraction of sp³-hybridized carbons (Fsp3) is 0.150. The molecule has 132 valence electrons. The second-order valence-electron chi connectivity index (χ2n) is 5.81. The lowest BCUT2D eigenvalue weighted by Gasteiger charge is -2.09. The number of esters is 1. The number of aryl methyl sites for hydroxylation is 1. The monoisotopic (exact) mass is 368 g/mol. The lowest BCUT2D eigenvalue weighted by molar-refractivity contribution is -0.124. The quantitative estimate of drug-likeness (QED) is 0.698. The highest BCUT2D eigenvalue weighted by atomic mass is 35.5. The number of pyridine rings is 1. The number of amides is 1. The molecule has 0 bridgehead atoms. The molecule has 3 rings (SSSR count). The molecular weight excluding hydrogens is 352 g/mol. The van der Waals surface area contributed by atoms with Crippen LogP contribution in [0.1, 0.15) is 21.6 Å². The summed E-state index contributed by atoms with van der Waals surface area (Å²) in [4.78, 5) is 28.7. The maximum Gasteiger partial charge on any atom is 0.339 e. The Bertz CT molecular complexity index is 955. The molecule has 1 heterocycles. The number of halogens is 1. The smallest absolute Gasteiger partial charge is 0.339 e. The van der Waals surface area contributed by atoms with Gasteiger partial charge in [-0.1, -0.05) is 41.9 Å². The van der Waals surface area contributed by atoms with Crippen LogP contribution in [-0.2, 0) is 16.1 Å². The second kappa shape index (κ2) is 7.97. The molecule has 26 heavy (non-hydrogen) atoms. The molecule has 0 spiro atoms. The Hall–Kier alpha value is -2.92. The zero-order valence-electron chi connectivity index (χ0n) is 14.2. The van der Waals surface area contributed by atoms with Gasteiger partial charge in [0.15, 0.2) is 6.61 Å². The summed E-state index contributed by atoms with van der Waals surface area (Å²) in [7, 11) is 0. The van der Waals surface area contributed by atoms with Crippen LogP contribution >= 0.6 is 11.6 Å². The van der Waals surface area contributed by atoms with Gasteiger partial charge in [0.1, 0.15) is 0 Å². The highest BCUT2D eigenvalue weighted by Gasteiger charge is 2.14. The van der Waals surface area contributed by atoms with Crippen LogP contribution in [0, 0.1) is 6.92 Å². The normalized spacial score (nSPS) is 10.5. The van der Waals surface area contributed by atoms with E-state index >= 15 is 0 Å². The molecule has 0 aliphatic carbocycles. The lowest BCUT2D eigenvalue weighted by Crippen LogP contribution is -2.28. The van der Waals surface area contributed by atoms with E-state index < -0.39 is 5.97 Å². The molecule has 0 saturated carbocycles. The molecule has 0 unspecified atom stereocenters. The first-order valence-corrected chi connectivity index (χ1v) is 8.45. The summed E-state index contributed by atoms with van der Waals surface area (Å²) in [6.07, 6.45) is 0. The van der Waals surface area contributed by atoms with Gasteiger partial charge in [0, 0.05) is 22.6 Å². The summed E-state index contributed by atoms with van der Waals surface area (Å²) in [6, 6.07) is 16.1. The SMILES string of the molecule is Cc1cc(C(=O)OCC(=O)NCc2ccc(Cl)cc2)c2ccccc2n1. The average molecular weight is 369 g/mol. The number of nitrogens with one attached hydrogen (secondary N) is 1. The average Bonchev–Trinajstić information content (AvgIpc) is 2.65. The van der Waals surface area contributed by atoms with Crippen LogP contribution in [0.5, 0.6) is 0 Å². The molecule has 1 aromatic heterocycles. The van der Waals surface area contributed by atoms with E-state index in [1.807, 2.05) is 37.3 Å². The molecule has 0 aliphatic heterocycles. The van der Waals surface area contributed by atoms with Crippen molar-refractivity contribution in [1.82, 2.24) is 10.3 Å². The van der Waals surface area contributed by atoms with Crippen molar-refractivity contribution >= 4 is 34.4 Å². The number of rotatable bonds is 5. The summed E-state index contributed by atoms with van der Waals surface area (Å²) in [5.41, 5.74) is 2.73. The zero-order chi connectivity index (χ0) is 18.5. The fourth-order valence-electron chi connectivity index (χ4n) is 2.54. The fourth-order valence-corrected chi connectivity index (χ4v) is 2.67. The van der Waals surface area contributed by atoms with Crippen LogP contribution in [-0.4, -0.2) is 23.5 Å². The van der Waals surface area contributed by atoms with Crippen LogP contribution < -0.4 is 5.32 Å². The molecule has 0 fully saturated rings. The zero-order valence-corrected chi connectivity index (χ0v) is 14.9. The third kappa shape index (κ3) is 4.37. The molecule has 5 nitrogen and oxygen atoms in total. The number of benzene rings is 2. The number of carbonyl (C=O) groups excluding carboxylic acids is 2. The molecule has 6 heteroatoms. The molecule has 0 aliphatic rings. The van der Waals surface area contributed by atoms with E-state index in [9.17, 15) is 9.59 Å². The van der Waals surface area contributed by atoms with Crippen molar-refractivity contribution in [2.45, 2.75) is 13.5 Å². The van der Waals surface area contributed by atoms with Gasteiger partial charge in [0.05, 0.1) is 11.1 Å². The molecule has 0 radical (unpaired) electrons. The minimum absolute atomic E-state index is 0.338. The number of ether oxygens (including phenoxy) is 1. The number of aromatic nitrogens is 1. The highest BCUT2D eigenvalue weighted by Crippen LogP contribution is 2.19. The minimum Gasteiger partial charge on any atom is -0.452 e. The molecule has 1 N–H and O–H groups in total. The Balaban J connectivity index is 1.60. The van der Waals surface area contributed by atoms with E-state index in [0.717, 1.165) is 5.56 Å². The van der Waals surface area contributed by atoms with Crippen molar-refractivity contribution in [3.63, 3.8) is 0 Å². The van der Waals surface area contributed by atoms with Gasteiger partial charge in [0.2, 0.25) is 0 Å². The van der Waals surface area contributed by atoms with E-state index in [1.54, 1.807) is 24.3 Å². The van der Waals surface area contributed by atoms with Crippen molar-refractivity contribution in [3.8, 4) is 0 Å². The summed E-state index contributed by atoms with van der Waals surface area (Å²) in [5, 5.41) is 4.03. The van der Waals surface area contributed by atoms with Gasteiger partial charge in [-0.05, 0) is 36.8 Å². The third-order valence-corrected chi connectivity index (χ3v) is 4.05. The Kier molecular flexibility index (Phi) is 5.49. The van der Waals surface area contributed by atoms with Gasteiger partial charge in [-0.15, -0.1) is 0 Å². The summed E-state index contributed by atoms with van der Waals surface area (Å²) >= 11 is 5.82. The Morgan fingerprint density at radius 1 is 1.12 bits per heavy atom. The van der Waals surface area contributed by atoms with Crippen LogP contribution in [0.15, 0.2) is 54.6 Å². The standard InChI is InChI=1S/C20H17ClN2O3/c1-13-10-17(16-4-2-3-5-18(16)23-13)20(25)26-12-19(24)22-11-14-6-8-15(21)9-7-14/h2-10H,11-12H2,1H3,(H,22,24). The summed E-state index contributed by atoms with van der Waals surface area (Å²) < 4.78 is 5.16. The Labute approximate surface area is 156 Å². The lowest BCUT2D eigenvalue weighted by atomic mass is 10.1. The number of hydrogen-bond acceptors (Lipinski definition) is 4. The van der Waals surface area contributed by atoms with Crippen molar-refractivity contribution in [2.75, 3.05) is 6.61 Å². The number of para-hydroxylation sites is 1. The van der Waals surface area contributed by atoms with Gasteiger partial charge in [-0.2, -0.15) is 0 Å². The van der Waals surface area contributed by atoms with Crippen molar-refractivity contribution in [2.24, 2.45) is 0 Å². The van der Waals surface area contributed by atoms with E-state index in [2.05, 4.69) is 10.3 Å². The number of hydrogen-bond donors (Lipinski definition) is 1.